The molecule has 2 aliphatic carbocycles. The highest BCUT2D eigenvalue weighted by Crippen LogP contribution is 2.57. The molecular weight excluding hydrogens is 699 g/mol. The van der Waals surface area contributed by atoms with Crippen LogP contribution in [-0.2, 0) is 33.9 Å². The van der Waals surface area contributed by atoms with Crippen LogP contribution in [0.3, 0.4) is 0 Å². The second-order valence-electron chi connectivity index (χ2n) is 15.6. The molecule has 1 saturated heterocycles. The van der Waals surface area contributed by atoms with Crippen LogP contribution in [0.1, 0.15) is 89.5 Å². The molecule has 13 heteroatoms. The van der Waals surface area contributed by atoms with Crippen molar-refractivity contribution in [3.05, 3.63) is 48.2 Å². The quantitative estimate of drug-likeness (QED) is 0.322. The fourth-order valence-corrected chi connectivity index (χ4v) is 9.45. The SMILES string of the molecule is COc1cc2ccnc3c2cc1/C=C/C[C@H](C)COC(=O)C[C@H]1CCCCC/C=C\[C@@H]2C[C@@]2(C(=O)NS(=O)(=O)C2CC2)CC(=O)[C@@H]2C[C@H](CN2C1=O)O3. The van der Waals surface area contributed by atoms with Crippen molar-refractivity contribution in [2.45, 2.75) is 101 Å². The molecule has 3 fully saturated rings. The van der Waals surface area contributed by atoms with Crippen molar-refractivity contribution in [2.75, 3.05) is 20.3 Å². The summed E-state index contributed by atoms with van der Waals surface area (Å²) in [6.07, 6.45) is 14.4. The van der Waals surface area contributed by atoms with Crippen molar-refractivity contribution < 1.29 is 41.8 Å². The Labute approximate surface area is 310 Å². The number of hydrogen-bond acceptors (Lipinski definition) is 10. The van der Waals surface area contributed by atoms with Gasteiger partial charge in [-0.05, 0) is 80.4 Å². The zero-order valence-corrected chi connectivity index (χ0v) is 31.3. The molecule has 3 aliphatic heterocycles. The Morgan fingerprint density at radius 2 is 1.92 bits per heavy atom. The summed E-state index contributed by atoms with van der Waals surface area (Å²) in [5.74, 6) is -1.73. The number of carbonyl (C=O) groups excluding carboxylic acids is 4. The highest BCUT2D eigenvalue weighted by Gasteiger charge is 2.61. The number of benzene rings is 1. The number of nitrogens with zero attached hydrogens (tertiary/aromatic N) is 2. The van der Waals surface area contributed by atoms with Crippen molar-refractivity contribution >= 4 is 50.4 Å². The van der Waals surface area contributed by atoms with Crippen molar-refractivity contribution in [3.8, 4) is 11.6 Å². The minimum Gasteiger partial charge on any atom is -0.496 e. The van der Waals surface area contributed by atoms with E-state index in [-0.39, 0.29) is 55.9 Å². The van der Waals surface area contributed by atoms with Crippen LogP contribution in [0.15, 0.2) is 42.6 Å². The molecule has 1 aromatic heterocycles. The average molecular weight is 748 g/mol. The molecule has 6 atom stereocenters. The Morgan fingerprint density at radius 3 is 2.72 bits per heavy atom. The van der Waals surface area contributed by atoms with E-state index in [1.165, 1.54) is 4.90 Å². The molecule has 4 heterocycles. The van der Waals surface area contributed by atoms with Crippen LogP contribution in [0.4, 0.5) is 0 Å². The van der Waals surface area contributed by atoms with Crippen LogP contribution < -0.4 is 14.2 Å². The summed E-state index contributed by atoms with van der Waals surface area (Å²) in [5.41, 5.74) is -0.411. The van der Waals surface area contributed by atoms with E-state index in [0.717, 1.165) is 35.6 Å². The van der Waals surface area contributed by atoms with E-state index in [4.69, 9.17) is 14.2 Å². The smallest absolute Gasteiger partial charge is 0.306 e. The number of nitrogens with one attached hydrogen (secondary N) is 1. The van der Waals surface area contributed by atoms with Gasteiger partial charge >= 0.3 is 5.97 Å². The Morgan fingerprint density at radius 1 is 1.09 bits per heavy atom. The third kappa shape index (κ3) is 8.14. The number of rotatable bonds is 4. The van der Waals surface area contributed by atoms with Crippen LogP contribution in [0.5, 0.6) is 11.6 Å². The lowest BCUT2D eigenvalue weighted by Crippen LogP contribution is -2.46. The van der Waals surface area contributed by atoms with Gasteiger partial charge in [0.15, 0.2) is 5.78 Å². The maximum Gasteiger partial charge on any atom is 0.306 e. The minimum atomic E-state index is -3.84. The van der Waals surface area contributed by atoms with Gasteiger partial charge in [0.05, 0.1) is 43.4 Å². The number of Topliss-reactive ketones (excluding diaryl/α,β-unsaturated/α-hetero) is 1. The number of cyclic esters (lactones) is 1. The number of pyridine rings is 1. The number of esters is 1. The number of ether oxygens (including phenoxy) is 3. The molecule has 284 valence electrons. The van der Waals surface area contributed by atoms with E-state index >= 15 is 0 Å². The average Bonchev–Trinajstić information content (AvgIpc) is 4.06. The van der Waals surface area contributed by atoms with Gasteiger partial charge in [-0.2, -0.15) is 0 Å². The second-order valence-corrected chi connectivity index (χ2v) is 17.6. The van der Waals surface area contributed by atoms with Crippen molar-refractivity contribution in [2.24, 2.45) is 23.2 Å². The molecule has 5 bridgehead atoms. The summed E-state index contributed by atoms with van der Waals surface area (Å²) in [4.78, 5) is 62.1. The lowest BCUT2D eigenvalue weighted by molar-refractivity contribution is -0.151. The van der Waals surface area contributed by atoms with Crippen LogP contribution in [0.2, 0.25) is 0 Å². The lowest BCUT2D eigenvalue weighted by Gasteiger charge is -2.29. The third-order valence-corrected chi connectivity index (χ3v) is 13.3. The minimum absolute atomic E-state index is 0.0224. The molecule has 12 nitrogen and oxygen atoms in total. The summed E-state index contributed by atoms with van der Waals surface area (Å²) in [6.45, 7) is 2.27. The first-order valence-electron chi connectivity index (χ1n) is 19.0. The number of fused-ring (bicyclic) bond motifs is 4. The Hall–Kier alpha value is -4.26. The van der Waals surface area contributed by atoms with Gasteiger partial charge in [-0.1, -0.05) is 44.1 Å². The standard InChI is InChI=1S/C40H49N3O9S/c1-25-9-8-11-27-17-32-26(18-35(27)50-2)15-16-41-37(32)52-30-20-33-34(44)22-40(39(47)42-53(48,49)31-13-14-31)21-29(40)12-7-5-3-4-6-10-28(19-36(45)51-24-25)38(46)43(33)23-30/h7-8,11-12,15-18,25,28-31,33H,3-6,9-10,13-14,19-24H2,1-2H3,(H,42,47)/b11-8+,12-7-/t25-,28+,29+,30+,33-,40+/m0/s1. The van der Waals surface area contributed by atoms with E-state index in [1.807, 2.05) is 49.4 Å². The first-order chi connectivity index (χ1) is 25.5. The maximum absolute atomic E-state index is 14.6. The highest BCUT2D eigenvalue weighted by atomic mass is 32.2. The zero-order valence-electron chi connectivity index (χ0n) is 30.5. The van der Waals surface area contributed by atoms with Gasteiger partial charge in [0.25, 0.3) is 0 Å². The molecule has 2 saturated carbocycles. The summed E-state index contributed by atoms with van der Waals surface area (Å²) in [5, 5.41) is 1.01. The highest BCUT2D eigenvalue weighted by molar-refractivity contribution is 7.90. The molecule has 2 aromatic rings. The molecule has 5 aliphatic rings. The van der Waals surface area contributed by atoms with Gasteiger partial charge in [-0.15, -0.1) is 0 Å². The first-order valence-corrected chi connectivity index (χ1v) is 20.5. The van der Waals surface area contributed by atoms with Gasteiger partial charge < -0.3 is 19.1 Å². The molecule has 1 aromatic carbocycles. The summed E-state index contributed by atoms with van der Waals surface area (Å²) in [6, 6.07) is 4.78. The summed E-state index contributed by atoms with van der Waals surface area (Å²) >= 11 is 0. The molecule has 7 rings (SSSR count). The second kappa shape index (κ2) is 15.2. The number of methoxy groups -OCH3 is 1. The molecule has 1 N–H and O–H groups in total. The molecule has 0 radical (unpaired) electrons. The lowest BCUT2D eigenvalue weighted by atomic mass is 9.90. The fourth-order valence-electron chi connectivity index (χ4n) is 8.06. The van der Waals surface area contributed by atoms with Gasteiger partial charge in [0.2, 0.25) is 27.7 Å². The van der Waals surface area contributed by atoms with Gasteiger partial charge in [-0.3, -0.25) is 23.9 Å². The van der Waals surface area contributed by atoms with Crippen molar-refractivity contribution in [1.82, 2.24) is 14.6 Å². The number of amides is 2. The largest absolute Gasteiger partial charge is 0.496 e. The normalized spacial score (nSPS) is 31.2. The maximum atomic E-state index is 14.6. The predicted molar refractivity (Wildman–Crippen MR) is 197 cm³/mol. The monoisotopic (exact) mass is 747 g/mol. The third-order valence-electron chi connectivity index (χ3n) is 11.5. The molecule has 0 unspecified atom stereocenters. The van der Waals surface area contributed by atoms with Crippen molar-refractivity contribution in [3.63, 3.8) is 0 Å². The molecule has 0 spiro atoms. The van der Waals surface area contributed by atoms with E-state index in [2.05, 4.69) is 9.71 Å². The molecular formula is C40H49N3O9S. The van der Waals surface area contributed by atoms with E-state index in [1.54, 1.807) is 13.3 Å². The Kier molecular flexibility index (Phi) is 10.7. The fraction of sp³-hybridized carbons (Fsp3) is 0.575. The number of aromatic nitrogens is 1. The van der Waals surface area contributed by atoms with Gasteiger partial charge in [0, 0.05) is 35.9 Å². The van der Waals surface area contributed by atoms with Gasteiger partial charge in [-0.25, -0.2) is 13.4 Å². The zero-order chi connectivity index (χ0) is 37.3. The number of carbonyl (C=O) groups is 4. The number of hydrogen-bond donors (Lipinski definition) is 1. The van der Waals surface area contributed by atoms with E-state index < -0.39 is 50.6 Å². The first kappa shape index (κ1) is 37.1. The van der Waals surface area contributed by atoms with Crippen LogP contribution in [-0.4, -0.2) is 79.5 Å². The van der Waals surface area contributed by atoms with E-state index in [0.29, 0.717) is 50.2 Å². The van der Waals surface area contributed by atoms with E-state index in [9.17, 15) is 27.6 Å². The summed E-state index contributed by atoms with van der Waals surface area (Å²) < 4.78 is 45.9. The predicted octanol–water partition coefficient (Wildman–Crippen LogP) is 5.29. The summed E-state index contributed by atoms with van der Waals surface area (Å²) in [7, 11) is -2.23. The Balaban J connectivity index is 1.24. The molecule has 53 heavy (non-hydrogen) atoms. The molecule has 2 amide bonds. The van der Waals surface area contributed by atoms with Crippen molar-refractivity contribution in [1.29, 1.82) is 0 Å². The topological polar surface area (TPSA) is 158 Å². The van der Waals surface area contributed by atoms with Gasteiger partial charge in [0.1, 0.15) is 11.9 Å². The number of ketones is 1. The van der Waals surface area contributed by atoms with Crippen LogP contribution >= 0.6 is 0 Å². The van der Waals surface area contributed by atoms with Crippen LogP contribution in [0, 0.1) is 23.2 Å². The van der Waals surface area contributed by atoms with Crippen LogP contribution in [0.25, 0.3) is 16.8 Å². The Bertz CT molecular complexity index is 1940. The number of allylic oxidation sites excluding steroid dienone is 3. The number of sulfonamides is 1.